The zero-order valence-electron chi connectivity index (χ0n) is 11.4. The summed E-state index contributed by atoms with van der Waals surface area (Å²) in [4.78, 5) is 16.4. The molecular formula is C16H15N3OS. The van der Waals surface area contributed by atoms with E-state index in [1.807, 2.05) is 30.3 Å². The maximum absolute atomic E-state index is 11.8. The van der Waals surface area contributed by atoms with E-state index >= 15 is 0 Å². The number of thiazole rings is 1. The molecule has 5 heteroatoms. The minimum atomic E-state index is 0.0139. The molecular weight excluding hydrogens is 282 g/mol. The summed E-state index contributed by atoms with van der Waals surface area (Å²) >= 11 is 1.59. The van der Waals surface area contributed by atoms with Crippen molar-refractivity contribution in [2.45, 2.75) is 6.42 Å². The van der Waals surface area contributed by atoms with E-state index in [4.69, 9.17) is 11.5 Å². The van der Waals surface area contributed by atoms with Crippen molar-refractivity contribution in [3.05, 3.63) is 48.0 Å². The fourth-order valence-electron chi connectivity index (χ4n) is 2.19. The van der Waals surface area contributed by atoms with Gasteiger partial charge in [0, 0.05) is 23.2 Å². The second-order valence-electron chi connectivity index (χ2n) is 4.75. The highest BCUT2D eigenvalue weighted by atomic mass is 32.1. The van der Waals surface area contributed by atoms with Crippen molar-refractivity contribution in [3.8, 4) is 10.6 Å². The van der Waals surface area contributed by atoms with E-state index < -0.39 is 0 Å². The summed E-state index contributed by atoms with van der Waals surface area (Å²) < 4.78 is 1.12. The lowest BCUT2D eigenvalue weighted by molar-refractivity contribution is 0.0985. The number of hydrogen-bond acceptors (Lipinski definition) is 5. The maximum Gasteiger partial charge on any atom is 0.164 e. The minimum Gasteiger partial charge on any atom is -0.398 e. The Bertz CT molecular complexity index is 777. The van der Waals surface area contributed by atoms with Gasteiger partial charge < -0.3 is 11.5 Å². The molecule has 0 saturated carbocycles. The van der Waals surface area contributed by atoms with Gasteiger partial charge in [0.25, 0.3) is 0 Å². The van der Waals surface area contributed by atoms with Crippen LogP contribution in [-0.2, 0) is 0 Å². The molecule has 1 aromatic heterocycles. The van der Waals surface area contributed by atoms with E-state index in [1.165, 1.54) is 0 Å². The van der Waals surface area contributed by atoms with Crippen molar-refractivity contribution in [1.29, 1.82) is 0 Å². The Morgan fingerprint density at radius 2 is 2.00 bits per heavy atom. The molecule has 4 N–H and O–H groups in total. The first-order valence-electron chi connectivity index (χ1n) is 6.68. The van der Waals surface area contributed by atoms with Gasteiger partial charge in [0.15, 0.2) is 5.78 Å². The van der Waals surface area contributed by atoms with Crippen LogP contribution in [0.3, 0.4) is 0 Å². The fourth-order valence-corrected chi connectivity index (χ4v) is 3.21. The van der Waals surface area contributed by atoms with Gasteiger partial charge in [-0.2, -0.15) is 0 Å². The third-order valence-corrected chi connectivity index (χ3v) is 4.34. The summed E-state index contributed by atoms with van der Waals surface area (Å²) in [6.45, 7) is 0.346. The molecule has 0 unspecified atom stereocenters. The normalized spacial score (nSPS) is 10.9. The molecule has 0 aliphatic carbocycles. The lowest BCUT2D eigenvalue weighted by Crippen LogP contribution is -2.08. The fraction of sp³-hybridized carbons (Fsp3) is 0.125. The van der Waals surface area contributed by atoms with Crippen molar-refractivity contribution < 1.29 is 4.79 Å². The number of fused-ring (bicyclic) bond motifs is 1. The van der Waals surface area contributed by atoms with Crippen LogP contribution in [0.5, 0.6) is 0 Å². The number of ketones is 1. The van der Waals surface area contributed by atoms with Gasteiger partial charge in [-0.05, 0) is 30.8 Å². The van der Waals surface area contributed by atoms with Gasteiger partial charge in [-0.15, -0.1) is 11.3 Å². The van der Waals surface area contributed by atoms with Crippen LogP contribution in [0, 0.1) is 0 Å². The van der Waals surface area contributed by atoms with Crippen LogP contribution in [0.25, 0.3) is 20.8 Å². The molecule has 0 radical (unpaired) electrons. The first-order chi connectivity index (χ1) is 10.2. The monoisotopic (exact) mass is 297 g/mol. The van der Waals surface area contributed by atoms with Crippen LogP contribution < -0.4 is 11.5 Å². The molecule has 21 heavy (non-hydrogen) atoms. The van der Waals surface area contributed by atoms with E-state index in [2.05, 4.69) is 4.98 Å². The lowest BCUT2D eigenvalue weighted by atomic mass is 10.0. The van der Waals surface area contributed by atoms with Crippen LogP contribution in [0.1, 0.15) is 16.8 Å². The number of nitrogen functional groups attached to an aromatic ring is 1. The Morgan fingerprint density at radius 3 is 2.71 bits per heavy atom. The summed E-state index contributed by atoms with van der Waals surface area (Å²) in [7, 11) is 0. The first kappa shape index (κ1) is 13.7. The SMILES string of the molecule is NCCC(=O)c1ccc(-c2nc3ccccc3s2)c(N)c1. The van der Waals surface area contributed by atoms with Crippen LogP contribution in [-0.4, -0.2) is 17.3 Å². The number of anilines is 1. The minimum absolute atomic E-state index is 0.0139. The number of carbonyl (C=O) groups is 1. The Morgan fingerprint density at radius 1 is 1.19 bits per heavy atom. The first-order valence-corrected chi connectivity index (χ1v) is 7.49. The third-order valence-electron chi connectivity index (χ3n) is 3.27. The number of nitrogens with two attached hydrogens (primary N) is 2. The summed E-state index contributed by atoms with van der Waals surface area (Å²) in [6, 6.07) is 13.3. The van der Waals surface area contributed by atoms with Gasteiger partial charge in [-0.1, -0.05) is 18.2 Å². The molecule has 0 saturated heterocycles. The molecule has 4 nitrogen and oxygen atoms in total. The van der Waals surface area contributed by atoms with Crippen LogP contribution >= 0.6 is 11.3 Å². The molecule has 3 rings (SSSR count). The predicted molar refractivity (Wildman–Crippen MR) is 87.5 cm³/mol. The summed E-state index contributed by atoms with van der Waals surface area (Å²) in [5.41, 5.74) is 14.5. The number of hydrogen-bond donors (Lipinski definition) is 2. The second-order valence-corrected chi connectivity index (χ2v) is 5.78. The lowest BCUT2D eigenvalue weighted by Gasteiger charge is -2.05. The second kappa shape index (κ2) is 5.63. The third kappa shape index (κ3) is 2.66. The van der Waals surface area contributed by atoms with E-state index in [1.54, 1.807) is 23.5 Å². The summed E-state index contributed by atoms with van der Waals surface area (Å²) in [6.07, 6.45) is 0.333. The van der Waals surface area contributed by atoms with Gasteiger partial charge in [0.2, 0.25) is 0 Å². The average Bonchev–Trinajstić information content (AvgIpc) is 2.90. The van der Waals surface area contributed by atoms with Crippen LogP contribution in [0.4, 0.5) is 5.69 Å². The molecule has 0 atom stereocenters. The van der Waals surface area contributed by atoms with E-state index in [9.17, 15) is 4.79 Å². The number of Topliss-reactive ketones (excluding diaryl/α,β-unsaturated/α-hetero) is 1. The highest BCUT2D eigenvalue weighted by molar-refractivity contribution is 7.21. The smallest absolute Gasteiger partial charge is 0.164 e. The number of aromatic nitrogens is 1. The molecule has 0 bridgehead atoms. The molecule has 0 amide bonds. The van der Waals surface area contributed by atoms with Gasteiger partial charge in [0.1, 0.15) is 5.01 Å². The van der Waals surface area contributed by atoms with E-state index in [0.29, 0.717) is 24.2 Å². The van der Waals surface area contributed by atoms with E-state index in [-0.39, 0.29) is 5.78 Å². The van der Waals surface area contributed by atoms with Crippen molar-refractivity contribution in [2.75, 3.05) is 12.3 Å². The van der Waals surface area contributed by atoms with Gasteiger partial charge in [0.05, 0.1) is 10.2 Å². The molecule has 1 heterocycles. The van der Waals surface area contributed by atoms with Crippen molar-refractivity contribution in [3.63, 3.8) is 0 Å². The van der Waals surface area contributed by atoms with Gasteiger partial charge in [-0.3, -0.25) is 4.79 Å². The standard InChI is InChI=1S/C16H15N3OS/c17-8-7-14(20)10-5-6-11(12(18)9-10)16-19-13-3-1-2-4-15(13)21-16/h1-6,9H,7-8,17-18H2. The number of benzene rings is 2. The van der Waals surface area contributed by atoms with Gasteiger partial charge in [-0.25, -0.2) is 4.98 Å². The van der Waals surface area contributed by atoms with Crippen molar-refractivity contribution in [1.82, 2.24) is 4.98 Å². The van der Waals surface area contributed by atoms with Crippen LogP contribution in [0.2, 0.25) is 0 Å². The Kier molecular flexibility index (Phi) is 3.68. The maximum atomic E-state index is 11.8. The molecule has 3 aromatic rings. The van der Waals surface area contributed by atoms with Crippen molar-refractivity contribution in [2.24, 2.45) is 5.73 Å². The largest absolute Gasteiger partial charge is 0.398 e. The number of rotatable bonds is 4. The Hall–Kier alpha value is -2.24. The number of nitrogens with zero attached hydrogens (tertiary/aromatic N) is 1. The highest BCUT2D eigenvalue weighted by Crippen LogP contribution is 2.33. The molecule has 0 aliphatic heterocycles. The van der Waals surface area contributed by atoms with Gasteiger partial charge >= 0.3 is 0 Å². The zero-order valence-corrected chi connectivity index (χ0v) is 12.2. The molecule has 0 spiro atoms. The Balaban J connectivity index is 2.00. The summed E-state index contributed by atoms with van der Waals surface area (Å²) in [5, 5.41) is 0.867. The van der Waals surface area contributed by atoms with E-state index in [0.717, 1.165) is 20.8 Å². The molecule has 0 fully saturated rings. The topological polar surface area (TPSA) is 82.0 Å². The molecule has 106 valence electrons. The average molecular weight is 297 g/mol. The quantitative estimate of drug-likeness (QED) is 0.572. The van der Waals surface area contributed by atoms with Crippen molar-refractivity contribution >= 4 is 33.0 Å². The Labute approximate surface area is 126 Å². The number of carbonyl (C=O) groups excluding carboxylic acids is 1. The summed E-state index contributed by atoms with van der Waals surface area (Å²) in [5.74, 6) is 0.0139. The van der Waals surface area contributed by atoms with Crippen LogP contribution in [0.15, 0.2) is 42.5 Å². The predicted octanol–water partition coefficient (Wildman–Crippen LogP) is 3.08. The highest BCUT2D eigenvalue weighted by Gasteiger charge is 2.12. The molecule has 2 aromatic carbocycles. The number of para-hydroxylation sites is 1. The zero-order chi connectivity index (χ0) is 14.8. The molecule has 0 aliphatic rings.